The van der Waals surface area contributed by atoms with Gasteiger partial charge in [-0.2, -0.15) is 0 Å². The summed E-state index contributed by atoms with van der Waals surface area (Å²) in [6.45, 7) is 3.39. The molecule has 0 saturated heterocycles. The van der Waals surface area contributed by atoms with Crippen LogP contribution in [0, 0.1) is 0 Å². The molecule has 0 bridgehead atoms. The van der Waals surface area contributed by atoms with Gasteiger partial charge < -0.3 is 24.5 Å². The van der Waals surface area contributed by atoms with E-state index in [-0.39, 0.29) is 0 Å². The number of rotatable bonds is 9. The highest BCUT2D eigenvalue weighted by Gasteiger charge is 2.13. The maximum atomic E-state index is 5.47. The summed E-state index contributed by atoms with van der Waals surface area (Å²) in [7, 11) is 3.89. The van der Waals surface area contributed by atoms with Crippen LogP contribution < -0.4 is 20.1 Å². The number of hydrogen-bond donors (Lipinski definition) is 2. The minimum atomic E-state index is 0.299. The molecule has 168 valence electrons. The Morgan fingerprint density at radius 3 is 2.62 bits per heavy atom. The van der Waals surface area contributed by atoms with E-state index in [9.17, 15) is 0 Å². The van der Waals surface area contributed by atoms with Crippen LogP contribution in [0.15, 0.2) is 70.3 Å². The summed E-state index contributed by atoms with van der Waals surface area (Å²) in [6.07, 6.45) is 2.58. The maximum Gasteiger partial charge on any atom is 0.231 e. The van der Waals surface area contributed by atoms with Crippen LogP contribution in [-0.4, -0.2) is 38.3 Å². The first-order valence-electron chi connectivity index (χ1n) is 10.8. The molecular formula is C25H30N4O3. The van der Waals surface area contributed by atoms with Crippen LogP contribution in [-0.2, 0) is 26.1 Å². The van der Waals surface area contributed by atoms with Crippen LogP contribution in [0.4, 0.5) is 0 Å². The number of hydrogen-bond acceptors (Lipinski definition) is 5. The molecule has 1 aliphatic heterocycles. The van der Waals surface area contributed by atoms with E-state index in [4.69, 9.17) is 13.9 Å². The Morgan fingerprint density at radius 1 is 0.969 bits per heavy atom. The van der Waals surface area contributed by atoms with E-state index in [1.54, 1.807) is 13.3 Å². The Morgan fingerprint density at radius 2 is 1.81 bits per heavy atom. The lowest BCUT2D eigenvalue weighted by molar-refractivity contribution is 0.174. The molecule has 0 radical (unpaired) electrons. The topological polar surface area (TPSA) is 71.3 Å². The third-order valence-electron chi connectivity index (χ3n) is 5.38. The largest absolute Gasteiger partial charge is 0.468 e. The fourth-order valence-corrected chi connectivity index (χ4v) is 3.72. The molecule has 0 spiro atoms. The first kappa shape index (κ1) is 21.8. The number of ether oxygens (including phenoxy) is 2. The van der Waals surface area contributed by atoms with Crippen molar-refractivity contribution in [3.8, 4) is 11.5 Å². The maximum absolute atomic E-state index is 5.47. The molecule has 0 saturated carbocycles. The lowest BCUT2D eigenvalue weighted by Gasteiger charge is -2.19. The van der Waals surface area contributed by atoms with E-state index >= 15 is 0 Å². The normalized spacial score (nSPS) is 12.9. The summed E-state index contributed by atoms with van der Waals surface area (Å²) in [5.41, 5.74) is 3.73. The van der Waals surface area contributed by atoms with Crippen LogP contribution in [0.2, 0.25) is 0 Å². The zero-order valence-electron chi connectivity index (χ0n) is 18.6. The van der Waals surface area contributed by atoms with Crippen molar-refractivity contribution >= 4 is 5.96 Å². The molecule has 2 heterocycles. The van der Waals surface area contributed by atoms with E-state index in [0.29, 0.717) is 13.3 Å². The Kier molecular flexibility index (Phi) is 7.30. The molecule has 7 heteroatoms. The number of benzene rings is 2. The quantitative estimate of drug-likeness (QED) is 0.397. The van der Waals surface area contributed by atoms with Crippen LogP contribution in [0.5, 0.6) is 11.5 Å². The molecule has 0 unspecified atom stereocenters. The zero-order valence-corrected chi connectivity index (χ0v) is 18.6. The molecule has 2 aromatic carbocycles. The second-order valence-corrected chi connectivity index (χ2v) is 7.81. The minimum absolute atomic E-state index is 0.299. The summed E-state index contributed by atoms with van der Waals surface area (Å²) < 4.78 is 16.3. The van der Waals surface area contributed by atoms with Gasteiger partial charge in [-0.1, -0.05) is 30.3 Å². The molecule has 0 fully saturated rings. The average molecular weight is 435 g/mol. The van der Waals surface area contributed by atoms with Crippen LogP contribution in [0.3, 0.4) is 0 Å². The van der Waals surface area contributed by atoms with Crippen molar-refractivity contribution < 1.29 is 13.9 Å². The standard InChI is InChI=1S/C25H30N4O3/c1-26-25(27-12-11-19-9-10-23-24(14-19)32-18-31-23)28-15-20-6-3-4-7-21(20)16-29(2)17-22-8-5-13-30-22/h3-10,13-14H,11-12,15-18H2,1-2H3,(H2,26,27,28). The number of aliphatic imine (C=N–C) groups is 1. The Bertz CT molecular complexity index is 1030. The van der Waals surface area contributed by atoms with E-state index in [1.807, 2.05) is 24.3 Å². The van der Waals surface area contributed by atoms with Gasteiger partial charge in [0.1, 0.15) is 5.76 Å². The SMILES string of the molecule is CN=C(NCCc1ccc2c(c1)OCO2)NCc1ccccc1CN(C)Cc1ccco1. The fraction of sp³-hybridized carbons (Fsp3) is 0.320. The van der Waals surface area contributed by atoms with E-state index in [0.717, 1.165) is 49.3 Å². The molecule has 3 aromatic rings. The summed E-state index contributed by atoms with van der Waals surface area (Å²) in [4.78, 5) is 6.61. The molecule has 0 aliphatic carbocycles. The van der Waals surface area contributed by atoms with Gasteiger partial charge in [0.2, 0.25) is 6.79 Å². The van der Waals surface area contributed by atoms with Gasteiger partial charge in [-0.15, -0.1) is 0 Å². The highest BCUT2D eigenvalue weighted by molar-refractivity contribution is 5.79. The number of nitrogens with one attached hydrogen (secondary N) is 2. The van der Waals surface area contributed by atoms with Crippen LogP contribution >= 0.6 is 0 Å². The highest BCUT2D eigenvalue weighted by Crippen LogP contribution is 2.32. The van der Waals surface area contributed by atoms with Crippen LogP contribution in [0.1, 0.15) is 22.5 Å². The Hall–Kier alpha value is -3.45. The second-order valence-electron chi connectivity index (χ2n) is 7.81. The third-order valence-corrected chi connectivity index (χ3v) is 5.38. The number of fused-ring (bicyclic) bond motifs is 1. The van der Waals surface area contributed by atoms with Gasteiger partial charge in [-0.25, -0.2) is 0 Å². The number of nitrogens with zero attached hydrogens (tertiary/aromatic N) is 2. The Labute approximate surface area is 189 Å². The third kappa shape index (κ3) is 5.82. The monoisotopic (exact) mass is 434 g/mol. The molecule has 32 heavy (non-hydrogen) atoms. The fourth-order valence-electron chi connectivity index (χ4n) is 3.72. The molecule has 0 amide bonds. The summed E-state index contributed by atoms with van der Waals surface area (Å²) in [5, 5.41) is 6.82. The van der Waals surface area contributed by atoms with Crippen molar-refractivity contribution in [1.29, 1.82) is 0 Å². The first-order chi connectivity index (χ1) is 15.7. The zero-order chi connectivity index (χ0) is 22.2. The van der Waals surface area contributed by atoms with Crippen molar-refractivity contribution in [3.63, 3.8) is 0 Å². The predicted octanol–water partition coefficient (Wildman–Crippen LogP) is 3.55. The summed E-state index contributed by atoms with van der Waals surface area (Å²) >= 11 is 0. The van der Waals surface area contributed by atoms with E-state index in [1.165, 1.54) is 16.7 Å². The van der Waals surface area contributed by atoms with Gasteiger partial charge in [-0.3, -0.25) is 9.89 Å². The minimum Gasteiger partial charge on any atom is -0.468 e. The highest BCUT2D eigenvalue weighted by atomic mass is 16.7. The van der Waals surface area contributed by atoms with Crippen LogP contribution in [0.25, 0.3) is 0 Å². The van der Waals surface area contributed by atoms with Crippen molar-refractivity contribution in [2.75, 3.05) is 27.4 Å². The Balaban J connectivity index is 1.26. The van der Waals surface area contributed by atoms with Gasteiger partial charge in [0.15, 0.2) is 17.5 Å². The molecule has 4 rings (SSSR count). The first-order valence-corrected chi connectivity index (χ1v) is 10.8. The lowest BCUT2D eigenvalue weighted by atomic mass is 10.1. The molecule has 1 aliphatic rings. The molecule has 2 N–H and O–H groups in total. The van der Waals surface area contributed by atoms with Gasteiger partial charge in [0, 0.05) is 26.7 Å². The molecular weight excluding hydrogens is 404 g/mol. The van der Waals surface area contributed by atoms with Gasteiger partial charge in [-0.05, 0) is 54.4 Å². The predicted molar refractivity (Wildman–Crippen MR) is 125 cm³/mol. The summed E-state index contributed by atoms with van der Waals surface area (Å²) in [6, 6.07) is 18.5. The van der Waals surface area contributed by atoms with Gasteiger partial charge >= 0.3 is 0 Å². The van der Waals surface area contributed by atoms with Crippen molar-refractivity contribution in [1.82, 2.24) is 15.5 Å². The van der Waals surface area contributed by atoms with Gasteiger partial charge in [0.25, 0.3) is 0 Å². The van der Waals surface area contributed by atoms with E-state index < -0.39 is 0 Å². The molecule has 1 aromatic heterocycles. The van der Waals surface area contributed by atoms with Gasteiger partial charge in [0.05, 0.1) is 12.8 Å². The van der Waals surface area contributed by atoms with Crippen molar-refractivity contribution in [3.05, 3.63) is 83.3 Å². The van der Waals surface area contributed by atoms with Crippen molar-refractivity contribution in [2.45, 2.75) is 26.1 Å². The molecule has 0 atom stereocenters. The van der Waals surface area contributed by atoms with E-state index in [2.05, 4.69) is 57.9 Å². The number of guanidine groups is 1. The smallest absolute Gasteiger partial charge is 0.231 e. The second kappa shape index (κ2) is 10.7. The number of furan rings is 1. The molecule has 7 nitrogen and oxygen atoms in total. The summed E-state index contributed by atoms with van der Waals surface area (Å²) in [5.74, 6) is 3.38. The van der Waals surface area contributed by atoms with Crippen molar-refractivity contribution in [2.24, 2.45) is 4.99 Å². The lowest BCUT2D eigenvalue weighted by Crippen LogP contribution is -2.38. The average Bonchev–Trinajstić information content (AvgIpc) is 3.48.